The van der Waals surface area contributed by atoms with Gasteiger partial charge in [0.15, 0.2) is 0 Å². The lowest BCUT2D eigenvalue weighted by molar-refractivity contribution is 0.415. The Hall–Kier alpha value is -1.74. The van der Waals surface area contributed by atoms with Crippen LogP contribution in [0.5, 0.6) is 5.75 Å². The first-order valence-electron chi connectivity index (χ1n) is 5.18. The molecule has 0 saturated heterocycles. The van der Waals surface area contributed by atoms with Crippen LogP contribution in [0.1, 0.15) is 5.56 Å². The van der Waals surface area contributed by atoms with Gasteiger partial charge in [0.2, 0.25) is 0 Å². The molecule has 0 fully saturated rings. The molecule has 0 radical (unpaired) electrons. The highest BCUT2D eigenvalue weighted by Gasteiger charge is 2.06. The highest BCUT2D eigenvalue weighted by atomic mass is 35.5. The molecule has 88 valence electrons. The number of aryl methyl sites for hydroxylation is 1. The van der Waals surface area contributed by atoms with Crippen LogP contribution in [0.3, 0.4) is 0 Å². The number of halogens is 1. The zero-order valence-corrected chi connectivity index (χ0v) is 10.5. The van der Waals surface area contributed by atoms with Crippen molar-refractivity contribution in [2.45, 2.75) is 6.92 Å². The second-order valence-electron chi connectivity index (χ2n) is 3.77. The summed E-state index contributed by atoms with van der Waals surface area (Å²) >= 11 is 6.09. The van der Waals surface area contributed by atoms with Crippen LogP contribution >= 0.6 is 11.6 Å². The van der Waals surface area contributed by atoms with Crippen LogP contribution < -0.4 is 10.5 Å². The van der Waals surface area contributed by atoms with Crippen molar-refractivity contribution >= 4 is 17.4 Å². The van der Waals surface area contributed by atoms with Crippen molar-refractivity contribution in [1.82, 2.24) is 4.98 Å². The standard InChI is InChI=1S/C13H13ClN2O/c1-8-5-13(15)16-7-10(8)9-3-4-12(17-2)11(14)6-9/h3-7H,1-2H3,(H2,15,16). The Balaban J connectivity index is 2.50. The highest BCUT2D eigenvalue weighted by Crippen LogP contribution is 2.31. The fourth-order valence-corrected chi connectivity index (χ4v) is 1.97. The summed E-state index contributed by atoms with van der Waals surface area (Å²) in [5, 5.41) is 0.584. The van der Waals surface area contributed by atoms with Gasteiger partial charge in [-0.3, -0.25) is 0 Å². The summed E-state index contributed by atoms with van der Waals surface area (Å²) < 4.78 is 5.12. The summed E-state index contributed by atoms with van der Waals surface area (Å²) in [5.74, 6) is 1.18. The van der Waals surface area contributed by atoms with Gasteiger partial charge in [-0.25, -0.2) is 4.98 Å². The van der Waals surface area contributed by atoms with Gasteiger partial charge >= 0.3 is 0 Å². The molecule has 2 aromatic rings. The van der Waals surface area contributed by atoms with E-state index in [4.69, 9.17) is 22.1 Å². The number of anilines is 1. The van der Waals surface area contributed by atoms with Crippen LogP contribution in [0.15, 0.2) is 30.5 Å². The van der Waals surface area contributed by atoms with Crippen LogP contribution in [-0.2, 0) is 0 Å². The summed E-state index contributed by atoms with van der Waals surface area (Å²) in [6.07, 6.45) is 1.75. The molecule has 1 heterocycles. The van der Waals surface area contributed by atoms with Crippen LogP contribution in [0.25, 0.3) is 11.1 Å². The van der Waals surface area contributed by atoms with Gasteiger partial charge in [-0.1, -0.05) is 17.7 Å². The molecule has 2 N–H and O–H groups in total. The van der Waals surface area contributed by atoms with Crippen molar-refractivity contribution in [2.24, 2.45) is 0 Å². The van der Waals surface area contributed by atoms with Crippen LogP contribution in [0.4, 0.5) is 5.82 Å². The molecule has 0 saturated carbocycles. The molecule has 1 aromatic carbocycles. The topological polar surface area (TPSA) is 48.1 Å². The van der Waals surface area contributed by atoms with Gasteiger partial charge in [0.05, 0.1) is 12.1 Å². The number of ether oxygens (including phenoxy) is 1. The third-order valence-corrected chi connectivity index (χ3v) is 2.89. The molecular weight excluding hydrogens is 236 g/mol. The van der Waals surface area contributed by atoms with Crippen molar-refractivity contribution in [3.05, 3.63) is 41.0 Å². The number of aromatic nitrogens is 1. The molecule has 3 nitrogen and oxygen atoms in total. The Morgan fingerprint density at radius 1 is 1.29 bits per heavy atom. The maximum atomic E-state index is 6.09. The zero-order valence-electron chi connectivity index (χ0n) is 9.70. The van der Waals surface area contributed by atoms with Crippen molar-refractivity contribution in [3.8, 4) is 16.9 Å². The molecule has 0 aliphatic carbocycles. The number of rotatable bonds is 2. The number of hydrogen-bond donors (Lipinski definition) is 1. The number of nitrogens with zero attached hydrogens (tertiary/aromatic N) is 1. The third-order valence-electron chi connectivity index (χ3n) is 2.59. The minimum atomic E-state index is 0.519. The van der Waals surface area contributed by atoms with Gasteiger partial charge < -0.3 is 10.5 Å². The van der Waals surface area contributed by atoms with Crippen molar-refractivity contribution in [3.63, 3.8) is 0 Å². The molecular formula is C13H13ClN2O. The molecule has 2 rings (SSSR count). The largest absolute Gasteiger partial charge is 0.495 e. The molecule has 0 amide bonds. The Kier molecular flexibility index (Phi) is 3.20. The van der Waals surface area contributed by atoms with Gasteiger partial charge in [0, 0.05) is 11.8 Å². The van der Waals surface area contributed by atoms with E-state index in [1.807, 2.05) is 31.2 Å². The summed E-state index contributed by atoms with van der Waals surface area (Å²) in [5.41, 5.74) is 8.71. The maximum absolute atomic E-state index is 6.09. The molecule has 4 heteroatoms. The van der Waals surface area contributed by atoms with Crippen molar-refractivity contribution in [1.29, 1.82) is 0 Å². The predicted octanol–water partition coefficient (Wildman–Crippen LogP) is 3.30. The minimum absolute atomic E-state index is 0.519. The van der Waals surface area contributed by atoms with Gasteiger partial charge in [-0.15, -0.1) is 0 Å². The van der Waals surface area contributed by atoms with E-state index < -0.39 is 0 Å². The van der Waals surface area contributed by atoms with Crippen LogP contribution in [0.2, 0.25) is 5.02 Å². The Morgan fingerprint density at radius 3 is 2.65 bits per heavy atom. The van der Waals surface area contributed by atoms with Gasteiger partial charge in [0.1, 0.15) is 11.6 Å². The smallest absolute Gasteiger partial charge is 0.137 e. The van der Waals surface area contributed by atoms with E-state index in [-0.39, 0.29) is 0 Å². The molecule has 0 spiro atoms. The average molecular weight is 249 g/mol. The lowest BCUT2D eigenvalue weighted by Crippen LogP contribution is -1.93. The summed E-state index contributed by atoms with van der Waals surface area (Å²) in [6, 6.07) is 7.49. The number of methoxy groups -OCH3 is 1. The predicted molar refractivity (Wildman–Crippen MR) is 70.4 cm³/mol. The van der Waals surface area contributed by atoms with Crippen LogP contribution in [-0.4, -0.2) is 12.1 Å². The van der Waals surface area contributed by atoms with E-state index >= 15 is 0 Å². The van der Waals surface area contributed by atoms with E-state index in [2.05, 4.69) is 4.98 Å². The summed E-state index contributed by atoms with van der Waals surface area (Å²) in [7, 11) is 1.59. The maximum Gasteiger partial charge on any atom is 0.137 e. The molecule has 0 bridgehead atoms. The van der Waals surface area contributed by atoms with E-state index in [9.17, 15) is 0 Å². The second-order valence-corrected chi connectivity index (χ2v) is 4.18. The fraction of sp³-hybridized carbons (Fsp3) is 0.154. The normalized spacial score (nSPS) is 10.3. The van der Waals surface area contributed by atoms with Gasteiger partial charge in [0.25, 0.3) is 0 Å². The first kappa shape index (κ1) is 11.7. The first-order chi connectivity index (χ1) is 8.11. The average Bonchev–Trinajstić information content (AvgIpc) is 2.29. The summed E-state index contributed by atoms with van der Waals surface area (Å²) in [6.45, 7) is 1.99. The fourth-order valence-electron chi connectivity index (χ4n) is 1.71. The molecule has 0 aliphatic heterocycles. The van der Waals surface area contributed by atoms with E-state index in [0.717, 1.165) is 16.7 Å². The van der Waals surface area contributed by atoms with E-state index in [1.165, 1.54) is 0 Å². The van der Waals surface area contributed by atoms with E-state index in [0.29, 0.717) is 16.6 Å². The van der Waals surface area contributed by atoms with Crippen molar-refractivity contribution in [2.75, 3.05) is 12.8 Å². The second kappa shape index (κ2) is 4.63. The number of nitrogens with two attached hydrogens (primary N) is 1. The Morgan fingerprint density at radius 2 is 2.06 bits per heavy atom. The molecule has 0 unspecified atom stereocenters. The van der Waals surface area contributed by atoms with Crippen LogP contribution in [0, 0.1) is 6.92 Å². The quantitative estimate of drug-likeness (QED) is 0.887. The van der Waals surface area contributed by atoms with Crippen molar-refractivity contribution < 1.29 is 4.74 Å². The number of hydrogen-bond acceptors (Lipinski definition) is 3. The number of pyridine rings is 1. The zero-order chi connectivity index (χ0) is 12.4. The van der Waals surface area contributed by atoms with E-state index in [1.54, 1.807) is 13.3 Å². The SMILES string of the molecule is COc1ccc(-c2cnc(N)cc2C)cc1Cl. The minimum Gasteiger partial charge on any atom is -0.495 e. The Labute approximate surface area is 105 Å². The molecule has 0 aliphatic rings. The van der Waals surface area contributed by atoms with Gasteiger partial charge in [-0.05, 0) is 36.2 Å². The first-order valence-corrected chi connectivity index (χ1v) is 5.55. The lowest BCUT2D eigenvalue weighted by atomic mass is 10.0. The highest BCUT2D eigenvalue weighted by molar-refractivity contribution is 6.32. The summed E-state index contributed by atoms with van der Waals surface area (Å²) in [4.78, 5) is 4.09. The Bertz CT molecular complexity index is 555. The third kappa shape index (κ3) is 2.34. The lowest BCUT2D eigenvalue weighted by Gasteiger charge is -2.08. The molecule has 0 atom stereocenters. The number of benzene rings is 1. The molecule has 17 heavy (non-hydrogen) atoms. The monoisotopic (exact) mass is 248 g/mol. The van der Waals surface area contributed by atoms with Gasteiger partial charge in [-0.2, -0.15) is 0 Å². The molecule has 1 aromatic heterocycles. The number of nitrogen functional groups attached to an aromatic ring is 1.